The van der Waals surface area contributed by atoms with Gasteiger partial charge < -0.3 is 14.4 Å². The first-order valence-electron chi connectivity index (χ1n) is 6.25. The molecule has 0 aromatic heterocycles. The van der Waals surface area contributed by atoms with Crippen LogP contribution < -0.4 is 4.74 Å². The highest BCUT2D eigenvalue weighted by Gasteiger charge is 2.23. The first kappa shape index (κ1) is 15.9. The fourth-order valence-corrected chi connectivity index (χ4v) is 1.62. The highest BCUT2D eigenvalue weighted by atomic mass is 19.1. The highest BCUT2D eigenvalue weighted by Crippen LogP contribution is 2.14. The number of esters is 1. The van der Waals surface area contributed by atoms with Gasteiger partial charge in [0.25, 0.3) is 5.91 Å². The monoisotopic (exact) mass is 283 g/mol. The van der Waals surface area contributed by atoms with Gasteiger partial charge in [-0.15, -0.1) is 0 Å². The summed E-state index contributed by atoms with van der Waals surface area (Å²) in [6, 6.07) is 5.53. The molecule has 5 nitrogen and oxygen atoms in total. The minimum Gasteiger partial charge on any atom is -0.481 e. The van der Waals surface area contributed by atoms with Gasteiger partial charge in [0.15, 0.2) is 6.10 Å². The number of nitrogens with zero attached hydrogens (tertiary/aromatic N) is 1. The topological polar surface area (TPSA) is 55.8 Å². The van der Waals surface area contributed by atoms with Crippen LogP contribution in [-0.4, -0.2) is 43.1 Å². The third-order valence-electron chi connectivity index (χ3n) is 2.70. The molecule has 0 aliphatic carbocycles. The summed E-state index contributed by atoms with van der Waals surface area (Å²) < 4.78 is 22.9. The molecule has 0 aliphatic rings. The van der Waals surface area contributed by atoms with Crippen molar-refractivity contribution in [3.8, 4) is 5.75 Å². The molecule has 1 amide bonds. The standard InChI is InChI=1S/C14H18FNO4/c1-4-16(9-13(17)19-3)14(18)10(2)20-12-7-5-6-11(15)8-12/h5-8,10H,4,9H2,1-3H3. The zero-order chi connectivity index (χ0) is 15.1. The Balaban J connectivity index is 2.67. The molecular formula is C14H18FNO4. The molecule has 6 heteroatoms. The van der Waals surface area contributed by atoms with Crippen LogP contribution in [0.15, 0.2) is 24.3 Å². The van der Waals surface area contributed by atoms with E-state index in [1.165, 1.54) is 30.2 Å². The van der Waals surface area contributed by atoms with E-state index >= 15 is 0 Å². The Morgan fingerprint density at radius 1 is 1.40 bits per heavy atom. The van der Waals surface area contributed by atoms with E-state index < -0.39 is 17.9 Å². The van der Waals surface area contributed by atoms with Gasteiger partial charge in [0, 0.05) is 12.6 Å². The zero-order valence-electron chi connectivity index (χ0n) is 11.8. The van der Waals surface area contributed by atoms with Crippen LogP contribution in [-0.2, 0) is 14.3 Å². The summed E-state index contributed by atoms with van der Waals surface area (Å²) in [5, 5.41) is 0. The SMILES string of the molecule is CCN(CC(=O)OC)C(=O)C(C)Oc1cccc(F)c1. The normalized spacial score (nSPS) is 11.6. The van der Waals surface area contributed by atoms with Crippen molar-refractivity contribution >= 4 is 11.9 Å². The number of hydrogen-bond donors (Lipinski definition) is 0. The Bertz CT molecular complexity index is 478. The first-order chi connectivity index (χ1) is 9.47. The number of hydrogen-bond acceptors (Lipinski definition) is 4. The smallest absolute Gasteiger partial charge is 0.325 e. The molecule has 0 bridgehead atoms. The Morgan fingerprint density at radius 2 is 2.10 bits per heavy atom. The number of rotatable bonds is 6. The zero-order valence-corrected chi connectivity index (χ0v) is 11.8. The van der Waals surface area contributed by atoms with Crippen LogP contribution in [0.2, 0.25) is 0 Å². The minimum atomic E-state index is -0.818. The van der Waals surface area contributed by atoms with Gasteiger partial charge in [-0.2, -0.15) is 0 Å². The van der Waals surface area contributed by atoms with Crippen molar-refractivity contribution in [1.29, 1.82) is 0 Å². The molecule has 0 spiro atoms. The minimum absolute atomic E-state index is 0.136. The maximum atomic E-state index is 13.0. The van der Waals surface area contributed by atoms with Gasteiger partial charge in [-0.25, -0.2) is 4.39 Å². The average molecular weight is 283 g/mol. The summed E-state index contributed by atoms with van der Waals surface area (Å²) in [5.74, 6) is -1.04. The molecule has 1 aromatic rings. The molecule has 0 heterocycles. The average Bonchev–Trinajstić information content (AvgIpc) is 2.43. The van der Waals surface area contributed by atoms with E-state index in [2.05, 4.69) is 4.74 Å². The predicted molar refractivity (Wildman–Crippen MR) is 70.8 cm³/mol. The van der Waals surface area contributed by atoms with Gasteiger partial charge >= 0.3 is 5.97 Å². The Morgan fingerprint density at radius 3 is 2.65 bits per heavy atom. The lowest BCUT2D eigenvalue weighted by atomic mass is 10.3. The van der Waals surface area contributed by atoms with Crippen molar-refractivity contribution in [3.05, 3.63) is 30.1 Å². The van der Waals surface area contributed by atoms with Crippen molar-refractivity contribution < 1.29 is 23.5 Å². The highest BCUT2D eigenvalue weighted by molar-refractivity contribution is 5.85. The van der Waals surface area contributed by atoms with Crippen molar-refractivity contribution in [1.82, 2.24) is 4.90 Å². The van der Waals surface area contributed by atoms with Crippen molar-refractivity contribution in [2.24, 2.45) is 0 Å². The predicted octanol–water partition coefficient (Wildman–Crippen LogP) is 1.61. The molecular weight excluding hydrogens is 265 g/mol. The van der Waals surface area contributed by atoms with E-state index in [9.17, 15) is 14.0 Å². The van der Waals surface area contributed by atoms with Gasteiger partial charge in [0.2, 0.25) is 0 Å². The quantitative estimate of drug-likeness (QED) is 0.744. The summed E-state index contributed by atoms with van der Waals surface area (Å²) in [6.45, 7) is 3.51. The molecule has 1 atom stereocenters. The van der Waals surface area contributed by atoms with Crippen LogP contribution in [0.5, 0.6) is 5.75 Å². The fraction of sp³-hybridized carbons (Fsp3) is 0.429. The van der Waals surface area contributed by atoms with Gasteiger partial charge in [0.05, 0.1) is 7.11 Å². The number of carbonyl (C=O) groups is 2. The summed E-state index contributed by atoms with van der Waals surface area (Å²) in [6.07, 6.45) is -0.818. The van der Waals surface area contributed by atoms with E-state index in [1.807, 2.05) is 0 Å². The van der Waals surface area contributed by atoms with Gasteiger partial charge in [-0.05, 0) is 26.0 Å². The van der Waals surface area contributed by atoms with Gasteiger partial charge in [0.1, 0.15) is 18.1 Å². The molecule has 110 valence electrons. The second-order valence-electron chi connectivity index (χ2n) is 4.15. The van der Waals surface area contributed by atoms with Crippen LogP contribution in [0.3, 0.4) is 0 Å². The molecule has 0 N–H and O–H groups in total. The largest absolute Gasteiger partial charge is 0.481 e. The van der Waals surface area contributed by atoms with Crippen LogP contribution in [0.25, 0.3) is 0 Å². The molecule has 0 saturated heterocycles. The van der Waals surface area contributed by atoms with Crippen LogP contribution in [0.1, 0.15) is 13.8 Å². The number of carbonyl (C=O) groups excluding carboxylic acids is 2. The summed E-state index contributed by atoms with van der Waals surface area (Å²) in [7, 11) is 1.26. The van der Waals surface area contributed by atoms with Crippen molar-refractivity contribution in [2.75, 3.05) is 20.2 Å². The molecule has 0 radical (unpaired) electrons. The lowest BCUT2D eigenvalue weighted by Crippen LogP contribution is -2.43. The maximum absolute atomic E-state index is 13.0. The maximum Gasteiger partial charge on any atom is 0.325 e. The molecule has 0 aliphatic heterocycles. The Labute approximate surface area is 117 Å². The Kier molecular flexibility index (Phi) is 5.96. The van der Waals surface area contributed by atoms with E-state index in [0.717, 1.165) is 0 Å². The van der Waals surface area contributed by atoms with Crippen molar-refractivity contribution in [2.45, 2.75) is 20.0 Å². The lowest BCUT2D eigenvalue weighted by Gasteiger charge is -2.23. The number of ether oxygens (including phenoxy) is 2. The summed E-state index contributed by atoms with van der Waals surface area (Å²) in [5.41, 5.74) is 0. The fourth-order valence-electron chi connectivity index (χ4n) is 1.62. The van der Waals surface area contributed by atoms with E-state index in [0.29, 0.717) is 6.54 Å². The molecule has 1 aromatic carbocycles. The molecule has 1 unspecified atom stereocenters. The van der Waals surface area contributed by atoms with Crippen LogP contribution in [0, 0.1) is 5.82 Å². The number of halogens is 1. The third kappa shape index (κ3) is 4.53. The van der Waals surface area contributed by atoms with Crippen LogP contribution >= 0.6 is 0 Å². The van der Waals surface area contributed by atoms with Crippen LogP contribution in [0.4, 0.5) is 4.39 Å². The second kappa shape index (κ2) is 7.47. The van der Waals surface area contributed by atoms with Gasteiger partial charge in [-0.1, -0.05) is 6.07 Å². The molecule has 0 saturated carbocycles. The number of amides is 1. The summed E-state index contributed by atoms with van der Waals surface area (Å²) in [4.78, 5) is 24.6. The lowest BCUT2D eigenvalue weighted by molar-refractivity contribution is -0.149. The number of methoxy groups -OCH3 is 1. The molecule has 20 heavy (non-hydrogen) atoms. The number of benzene rings is 1. The van der Waals surface area contributed by atoms with Gasteiger partial charge in [-0.3, -0.25) is 9.59 Å². The van der Waals surface area contributed by atoms with Crippen molar-refractivity contribution in [3.63, 3.8) is 0 Å². The van der Waals surface area contributed by atoms with E-state index in [1.54, 1.807) is 19.9 Å². The Hall–Kier alpha value is -2.11. The van der Waals surface area contributed by atoms with E-state index in [-0.39, 0.29) is 18.2 Å². The number of likely N-dealkylation sites (N-methyl/N-ethyl adjacent to an activating group) is 1. The first-order valence-corrected chi connectivity index (χ1v) is 6.25. The molecule has 1 rings (SSSR count). The van der Waals surface area contributed by atoms with E-state index in [4.69, 9.17) is 4.74 Å². The second-order valence-corrected chi connectivity index (χ2v) is 4.15. The third-order valence-corrected chi connectivity index (χ3v) is 2.70. The molecule has 0 fully saturated rings. The summed E-state index contributed by atoms with van der Waals surface area (Å²) >= 11 is 0.